The summed E-state index contributed by atoms with van der Waals surface area (Å²) in [5.74, 6) is -3.59. The third-order valence-electron chi connectivity index (χ3n) is 23.2. The number of hydrogen-bond donors (Lipinski definition) is 19. The Hall–Kier alpha value is -9.24. The molecular formula is C76H130N26O30P4+4. The minimum atomic E-state index is -5.15. The Morgan fingerprint density at radius 3 is 1.03 bits per heavy atom. The molecule has 1 amide bonds. The first kappa shape index (κ1) is 110. The van der Waals surface area contributed by atoms with Gasteiger partial charge in [0.05, 0.1) is 136 Å². The van der Waals surface area contributed by atoms with Crippen LogP contribution in [-0.2, 0) is 97.3 Å². The van der Waals surface area contributed by atoms with Crippen molar-refractivity contribution in [3.8, 4) is 0 Å². The molecule has 8 aromatic rings. The van der Waals surface area contributed by atoms with Crippen LogP contribution in [0.4, 0.5) is 23.8 Å². The molecule has 7 fully saturated rings. The fourth-order valence-corrected chi connectivity index (χ4v) is 19.8. The molecule has 15 rings (SSSR count). The maximum Gasteiger partial charge on any atom is 0.472 e. The van der Waals surface area contributed by atoms with Crippen molar-refractivity contribution >= 4 is 123 Å². The van der Waals surface area contributed by atoms with Gasteiger partial charge in [-0.15, -0.1) is 0 Å². The molecule has 20 atom stereocenters. The smallest absolute Gasteiger partial charge is 0.472 e. The van der Waals surface area contributed by atoms with Crippen molar-refractivity contribution in [3.63, 3.8) is 0 Å². The number of carbonyl (C=O) groups excluding carboxylic acids is 3. The molecule has 0 aliphatic carbocycles. The number of cyclic esters (lactones) is 2. The molecule has 60 heteroatoms. The second-order valence-corrected chi connectivity index (χ2v) is 39.0. The van der Waals surface area contributed by atoms with Crippen LogP contribution in [0.1, 0.15) is 147 Å². The van der Waals surface area contributed by atoms with Gasteiger partial charge in [0.1, 0.15) is 67.1 Å². The first-order valence-electron chi connectivity index (χ1n) is 44.7. The third kappa shape index (κ3) is 28.5. The number of nitrogens with two attached hydrogens (primary N) is 5. The van der Waals surface area contributed by atoms with Crippen LogP contribution in [-0.4, -0.2) is 318 Å². The standard InChI is InChI=1S/C26H33N11O15P2.C21H27N11O12P2.4C6H15N.C5H6O3/c1-53(44)47-5-10-18(16(41)24(50-10)37-8-30-15-20(37)33-26(28)35-22(15)43)52-54(45,46)48-6-9-17(51-53)13(31-11(38)3-2-4-12(39)40)23(49-9)36-7-29-14-19(36)32-25(27)34-21(14)42;1-45(36)39-2-7-13(11(33)19(42-7)32-5-26-10-15(32)28-21(24)30-17(10)35)44-46(37,38)40-3-6-12(43-45)8(22)18(41-6)31-4-25-9-14(31)27-20(23)29-16(9)34;4*1-4-7(5-2)6-3;6-4-2-1-3-5(7)8-4/h7-10,13,16-18,23-24,41H,2-6H2,1H3,(H,31,38)(H,39,40)(H,45,46)(H3,27,32,34,42)(H3,28,33,35,43);4-8,11-13,18-19,33H,2-3,22H2,1H3,(H,37,38)(H3,23,27,29,34)(H3,24,28,30,35);4*4-6H2,1-3H3;1-3H2/p+4/t9-,10-,13?,16?,17+,18+,23-,24-,53?;6-,7-,8?,11?,12+,13+,18-,19-,45?;;;;;/m11...../s1. The zero-order valence-electron chi connectivity index (χ0n) is 78.1. The average molecular weight is 2010 g/mol. The summed E-state index contributed by atoms with van der Waals surface area (Å²) in [6, 6.07) is -2.47. The second-order valence-electron chi connectivity index (χ2n) is 32.1. The number of H-pyrrole nitrogens is 4. The van der Waals surface area contributed by atoms with Crippen LogP contribution in [0.2, 0.25) is 0 Å². The third-order valence-corrected chi connectivity index (χ3v) is 27.7. The summed E-state index contributed by atoms with van der Waals surface area (Å²) in [6.45, 7) is 41.4. The predicted molar refractivity (Wildman–Crippen MR) is 485 cm³/mol. The number of carboxylic acids is 1. The molecule has 0 aromatic carbocycles. The number of nitrogens with zero attached hydrogens (tertiary/aromatic N) is 12. The lowest BCUT2D eigenvalue weighted by Crippen LogP contribution is -3.11. The van der Waals surface area contributed by atoms with Crippen molar-refractivity contribution in [1.82, 2.24) is 83.4 Å². The fraction of sp³-hybridized carbons (Fsp3) is 0.684. The Balaban J connectivity index is 0.000000224. The Kier molecular flexibility index (Phi) is 40.2. The number of aliphatic hydroxyl groups is 2. The van der Waals surface area contributed by atoms with Gasteiger partial charge in [0.25, 0.3) is 22.2 Å². The predicted octanol–water partition coefficient (Wildman–Crippen LogP) is -4.34. The topological polar surface area (TPSA) is 772 Å². The van der Waals surface area contributed by atoms with Gasteiger partial charge in [-0.2, -0.15) is 19.9 Å². The number of ether oxygens (including phenoxy) is 5. The Morgan fingerprint density at radius 1 is 0.434 bits per heavy atom. The van der Waals surface area contributed by atoms with Gasteiger partial charge < -0.3 is 120 Å². The normalized spacial score (nSPS) is 29.1. The number of nitrogens with one attached hydrogen (secondary N) is 9. The maximum absolute atomic E-state index is 14.0. The number of aliphatic carboxylic acids is 1. The quantitative estimate of drug-likeness (QED) is 0.0184. The molecule has 8 aromatic heterocycles. The summed E-state index contributed by atoms with van der Waals surface area (Å²) in [4.78, 5) is 164. The monoisotopic (exact) mass is 2010 g/mol. The van der Waals surface area contributed by atoms with E-state index in [0.717, 1.165) is 36.9 Å². The van der Waals surface area contributed by atoms with Gasteiger partial charge in [-0.05, 0) is 95.9 Å². The molecule has 56 nitrogen and oxygen atoms in total. The molecule has 0 radical (unpaired) electrons. The number of esters is 2. The van der Waals surface area contributed by atoms with E-state index in [1.165, 1.54) is 98.6 Å². The van der Waals surface area contributed by atoms with Gasteiger partial charge in [0.2, 0.25) is 29.7 Å². The second kappa shape index (κ2) is 49.5. The van der Waals surface area contributed by atoms with Crippen molar-refractivity contribution in [2.24, 2.45) is 5.73 Å². The maximum atomic E-state index is 14.0. The minimum absolute atomic E-state index is 0.0220. The number of quaternary nitrogens is 4. The highest BCUT2D eigenvalue weighted by Gasteiger charge is 2.57. The molecule has 0 saturated carbocycles. The minimum Gasteiger partial charge on any atom is -0.481 e. The van der Waals surface area contributed by atoms with E-state index in [-0.39, 0.29) is 99.6 Å². The zero-order chi connectivity index (χ0) is 100. The van der Waals surface area contributed by atoms with Crippen molar-refractivity contribution < 1.29 is 142 Å². The van der Waals surface area contributed by atoms with Gasteiger partial charge in [0.15, 0.2) is 69.6 Å². The molecule has 0 bridgehead atoms. The molecule has 7 saturated heterocycles. The van der Waals surface area contributed by atoms with Crippen LogP contribution in [0.25, 0.3) is 44.7 Å². The van der Waals surface area contributed by atoms with Crippen LogP contribution in [0.5, 0.6) is 0 Å². The number of imidazole rings is 4. The number of nitrogen functional groups attached to an aromatic ring is 4. The van der Waals surface area contributed by atoms with E-state index < -0.39 is 189 Å². The lowest BCUT2D eigenvalue weighted by molar-refractivity contribution is -0.894. The number of aromatic nitrogens is 16. The molecule has 7 aliphatic heterocycles. The number of phosphoric ester groups is 2. The number of phosphoric acid groups is 2. The van der Waals surface area contributed by atoms with E-state index in [1.54, 1.807) is 19.6 Å². The summed E-state index contributed by atoms with van der Waals surface area (Å²) >= 11 is 0. The molecule has 136 heavy (non-hydrogen) atoms. The molecule has 15 heterocycles. The highest BCUT2D eigenvalue weighted by Crippen LogP contribution is 2.56. The largest absolute Gasteiger partial charge is 0.481 e. The number of carbonyl (C=O) groups is 4. The number of aliphatic hydroxyl groups excluding tert-OH is 2. The van der Waals surface area contributed by atoms with Crippen molar-refractivity contribution in [2.45, 2.75) is 220 Å². The fourth-order valence-electron chi connectivity index (χ4n) is 15.5. The number of aromatic amines is 4. The van der Waals surface area contributed by atoms with Gasteiger partial charge in [-0.3, -0.25) is 104 Å². The van der Waals surface area contributed by atoms with Crippen LogP contribution >= 0.6 is 30.8 Å². The van der Waals surface area contributed by atoms with Crippen LogP contribution in [0.15, 0.2) is 44.5 Å². The first-order valence-corrected chi connectivity index (χ1v) is 51.7. The number of fused-ring (bicyclic) bond motifs is 8. The summed E-state index contributed by atoms with van der Waals surface area (Å²) < 4.78 is 132. The highest BCUT2D eigenvalue weighted by atomic mass is 31.2. The lowest BCUT2D eigenvalue weighted by Gasteiger charge is -2.30. The SMILES string of the molecule is CC[NH+](CC)CC.CC[NH+](CC)CC.CC[NH+](CC)CC.CC[NH+](CC)CC.CP1(=O)OC[C@H]2O[C@@H](n3cnc4c(=O)[nH]c(N)nc43)C(O)[C@H]2OP(=O)(O)OC[C@H]2O[C@@H](n3cnc4c(=O)[nH]c(N)nc43)C(N)[C@H]2O1.CP1(=O)OC[C@H]2O[C@@H](n3cnc4c(=O)[nH]c(N)nc43)C(O)[C@H]2OP(=O)(O)OC[C@H]2O[C@@H](n3cnc4c(=O)[nH]c(N)nc43)C(NC(=O)CCCC(=O)O)[C@H]2O1.O=C1CCCC(=O)O1. The summed E-state index contributed by atoms with van der Waals surface area (Å²) in [7, 11) is -18.4. The Bertz CT molecular complexity index is 5560. The van der Waals surface area contributed by atoms with Crippen molar-refractivity contribution in [1.29, 1.82) is 0 Å². The number of anilines is 4. The van der Waals surface area contributed by atoms with E-state index in [0.29, 0.717) is 19.3 Å². The zero-order valence-corrected chi connectivity index (χ0v) is 81.7. The number of carboxylic acid groups (broad SMARTS) is 1. The first-order chi connectivity index (χ1) is 64.4. The molecule has 7 aliphatic rings. The highest BCUT2D eigenvalue weighted by molar-refractivity contribution is 7.53. The molecule has 24 N–H and O–H groups in total. The molecule has 8 unspecified atom stereocenters. The molecule has 0 spiro atoms. The van der Waals surface area contributed by atoms with Crippen molar-refractivity contribution in [2.75, 3.05) is 141 Å². The number of hydrogen-bond acceptors (Lipinski definition) is 40. The van der Waals surface area contributed by atoms with E-state index in [2.05, 4.69) is 153 Å². The summed E-state index contributed by atoms with van der Waals surface area (Å²) in [6.07, 6.45) is -14.8. The van der Waals surface area contributed by atoms with Crippen LogP contribution in [0, 0.1) is 0 Å². The van der Waals surface area contributed by atoms with E-state index in [9.17, 15) is 76.6 Å². The summed E-state index contributed by atoms with van der Waals surface area (Å²) in [5.41, 5.74) is 25.9. The van der Waals surface area contributed by atoms with E-state index in [4.69, 9.17) is 88.9 Å². The van der Waals surface area contributed by atoms with E-state index >= 15 is 0 Å². The summed E-state index contributed by atoms with van der Waals surface area (Å²) in [5, 5.41) is 34.2. The van der Waals surface area contributed by atoms with Gasteiger partial charge in [-0.1, -0.05) is 0 Å². The van der Waals surface area contributed by atoms with Crippen LogP contribution in [0.3, 0.4) is 0 Å². The molecular weight excluding hydrogens is 1880 g/mol. The van der Waals surface area contributed by atoms with Gasteiger partial charge >= 0.3 is 48.7 Å². The van der Waals surface area contributed by atoms with Crippen LogP contribution < -0.4 is 75.8 Å². The average Bonchev–Trinajstić information content (AvgIpc) is 1.61. The van der Waals surface area contributed by atoms with Crippen molar-refractivity contribution in [3.05, 3.63) is 66.7 Å². The Morgan fingerprint density at radius 2 is 0.721 bits per heavy atom. The van der Waals surface area contributed by atoms with E-state index in [1.807, 2.05) is 0 Å². The number of rotatable bonds is 21. The lowest BCUT2D eigenvalue weighted by atomic mass is 10.1. The van der Waals surface area contributed by atoms with Gasteiger partial charge in [-0.25, -0.2) is 29.1 Å². The molecule has 760 valence electrons. The Labute approximate surface area is 778 Å². The van der Waals surface area contributed by atoms with Gasteiger partial charge in [0, 0.05) is 39.0 Å². The number of amides is 1.